The van der Waals surface area contributed by atoms with Gasteiger partial charge in [-0.2, -0.15) is 0 Å². The third kappa shape index (κ3) is 3.48. The van der Waals surface area contributed by atoms with Gasteiger partial charge in [0.1, 0.15) is 12.0 Å². The first-order valence-electron chi connectivity index (χ1n) is 10.3. The van der Waals surface area contributed by atoms with Gasteiger partial charge >= 0.3 is 6.03 Å². The molecule has 1 atom stereocenters. The minimum Gasteiger partial charge on any atom is -0.356 e. The van der Waals surface area contributed by atoms with Crippen molar-refractivity contribution < 1.29 is 13.7 Å². The summed E-state index contributed by atoms with van der Waals surface area (Å²) < 4.78 is 18.8. The van der Waals surface area contributed by atoms with Crippen LogP contribution in [0.2, 0.25) is 0 Å². The second-order valence-electron chi connectivity index (χ2n) is 8.37. The van der Waals surface area contributed by atoms with Gasteiger partial charge in [-0.15, -0.1) is 0 Å². The molecule has 2 saturated heterocycles. The summed E-state index contributed by atoms with van der Waals surface area (Å²) in [5.41, 5.74) is 1.45. The van der Waals surface area contributed by atoms with E-state index in [2.05, 4.69) is 23.9 Å². The largest absolute Gasteiger partial charge is 0.356 e. The Kier molecular flexibility index (Phi) is 5.27. The quantitative estimate of drug-likeness (QED) is 0.780. The Bertz CT molecular complexity index is 844. The second-order valence-corrected chi connectivity index (χ2v) is 8.37. The van der Waals surface area contributed by atoms with Gasteiger partial charge in [0.2, 0.25) is 0 Å². The van der Waals surface area contributed by atoms with Crippen LogP contribution in [0.3, 0.4) is 0 Å². The van der Waals surface area contributed by atoms with E-state index < -0.39 is 0 Å². The number of benzene rings is 1. The monoisotopic (exact) mass is 388 g/mol. The lowest BCUT2D eigenvalue weighted by atomic mass is 9.91. The smallest absolute Gasteiger partial charge is 0.321 e. The van der Waals surface area contributed by atoms with Gasteiger partial charge in [-0.05, 0) is 37.8 Å². The Morgan fingerprint density at radius 3 is 2.71 bits per heavy atom. The molecular formula is C21H29FN4O2. The van der Waals surface area contributed by atoms with Crippen molar-refractivity contribution in [2.24, 2.45) is 5.92 Å². The van der Waals surface area contributed by atoms with Crippen LogP contribution in [0.4, 0.5) is 9.18 Å². The second kappa shape index (κ2) is 7.70. The number of fused-ring (bicyclic) bond motifs is 1. The van der Waals surface area contributed by atoms with E-state index in [1.165, 1.54) is 12.1 Å². The maximum atomic E-state index is 13.4. The van der Waals surface area contributed by atoms with Crippen molar-refractivity contribution in [1.82, 2.24) is 19.9 Å². The Morgan fingerprint density at radius 2 is 2.04 bits per heavy atom. The molecule has 1 aromatic heterocycles. The van der Waals surface area contributed by atoms with Gasteiger partial charge in [-0.3, -0.25) is 4.90 Å². The third-order valence-electron chi connectivity index (χ3n) is 6.00. The highest BCUT2D eigenvalue weighted by atomic mass is 19.1. The lowest BCUT2D eigenvalue weighted by Crippen LogP contribution is -2.50. The van der Waals surface area contributed by atoms with Crippen LogP contribution in [-0.4, -0.2) is 64.8 Å². The van der Waals surface area contributed by atoms with Crippen molar-refractivity contribution in [2.75, 3.05) is 32.7 Å². The number of carbonyl (C=O) groups is 1. The van der Waals surface area contributed by atoms with E-state index in [1.54, 1.807) is 6.07 Å². The van der Waals surface area contributed by atoms with Crippen LogP contribution < -0.4 is 0 Å². The molecule has 152 valence electrons. The first-order chi connectivity index (χ1) is 13.5. The van der Waals surface area contributed by atoms with Crippen molar-refractivity contribution >= 4 is 17.0 Å². The van der Waals surface area contributed by atoms with Gasteiger partial charge in [0.05, 0.1) is 12.2 Å². The van der Waals surface area contributed by atoms with Crippen molar-refractivity contribution in [3.8, 4) is 0 Å². The number of hydrogen-bond acceptors (Lipinski definition) is 4. The van der Waals surface area contributed by atoms with E-state index in [0.717, 1.165) is 56.6 Å². The maximum absolute atomic E-state index is 13.4. The SMILES string of the molecule is CCN1CC(N2CCC(c3noc4cc(F)ccc34)CC2)N(CC(C)C)C1=O. The van der Waals surface area contributed by atoms with Crippen LogP contribution in [0.15, 0.2) is 22.7 Å². The fourth-order valence-corrected chi connectivity index (χ4v) is 4.55. The summed E-state index contributed by atoms with van der Waals surface area (Å²) >= 11 is 0. The molecule has 6 nitrogen and oxygen atoms in total. The van der Waals surface area contributed by atoms with Gasteiger partial charge in [0.15, 0.2) is 5.58 Å². The number of nitrogens with zero attached hydrogens (tertiary/aromatic N) is 4. The third-order valence-corrected chi connectivity index (χ3v) is 6.00. The van der Waals surface area contributed by atoms with Crippen molar-refractivity contribution in [1.29, 1.82) is 0 Å². The van der Waals surface area contributed by atoms with Gasteiger partial charge < -0.3 is 14.3 Å². The molecule has 2 aliphatic rings. The zero-order valence-corrected chi connectivity index (χ0v) is 16.9. The number of aromatic nitrogens is 1. The van der Waals surface area contributed by atoms with Gasteiger partial charge in [-0.1, -0.05) is 19.0 Å². The number of halogens is 1. The molecule has 0 aliphatic carbocycles. The normalized spacial score (nSPS) is 22.2. The first-order valence-corrected chi connectivity index (χ1v) is 10.3. The topological polar surface area (TPSA) is 52.8 Å². The van der Waals surface area contributed by atoms with Crippen LogP contribution in [0.1, 0.15) is 45.2 Å². The lowest BCUT2D eigenvalue weighted by Gasteiger charge is -2.39. The predicted octanol–water partition coefficient (Wildman–Crippen LogP) is 3.89. The molecule has 0 N–H and O–H groups in total. The Balaban J connectivity index is 1.46. The summed E-state index contributed by atoms with van der Waals surface area (Å²) in [5.74, 6) is 0.449. The molecule has 1 unspecified atom stereocenters. The molecular weight excluding hydrogens is 359 g/mol. The number of likely N-dealkylation sites (tertiary alicyclic amines) is 1. The zero-order valence-electron chi connectivity index (χ0n) is 16.9. The van der Waals surface area contributed by atoms with Gasteiger partial charge in [0.25, 0.3) is 0 Å². The van der Waals surface area contributed by atoms with Crippen LogP contribution in [0, 0.1) is 11.7 Å². The molecule has 7 heteroatoms. The van der Waals surface area contributed by atoms with E-state index >= 15 is 0 Å². The van der Waals surface area contributed by atoms with Crippen molar-refractivity contribution in [2.45, 2.75) is 45.7 Å². The van der Waals surface area contributed by atoms with E-state index in [1.807, 2.05) is 16.7 Å². The molecule has 3 heterocycles. The fourth-order valence-electron chi connectivity index (χ4n) is 4.55. The molecule has 2 aromatic rings. The summed E-state index contributed by atoms with van der Waals surface area (Å²) in [7, 11) is 0. The minimum atomic E-state index is -0.304. The van der Waals surface area contributed by atoms with Crippen molar-refractivity contribution in [3.63, 3.8) is 0 Å². The van der Waals surface area contributed by atoms with Crippen LogP contribution in [0.5, 0.6) is 0 Å². The lowest BCUT2D eigenvalue weighted by molar-refractivity contribution is 0.0670. The van der Waals surface area contributed by atoms with Crippen LogP contribution in [-0.2, 0) is 0 Å². The van der Waals surface area contributed by atoms with E-state index in [4.69, 9.17) is 4.52 Å². The molecule has 2 aliphatic heterocycles. The number of amides is 2. The number of hydrogen-bond donors (Lipinski definition) is 0. The predicted molar refractivity (Wildman–Crippen MR) is 105 cm³/mol. The first kappa shape index (κ1) is 19.2. The standard InChI is InChI=1S/C21H29FN4O2/c1-4-24-13-19(26(21(24)27)12-14(2)3)25-9-7-15(8-10-25)20-17-6-5-16(22)11-18(17)28-23-20/h5-6,11,14-15,19H,4,7-10,12-13H2,1-3H3. The van der Waals surface area contributed by atoms with Gasteiger partial charge in [-0.25, -0.2) is 9.18 Å². The summed E-state index contributed by atoms with van der Waals surface area (Å²) in [6, 6.07) is 4.79. The molecule has 0 saturated carbocycles. The minimum absolute atomic E-state index is 0.152. The number of urea groups is 1. The van der Waals surface area contributed by atoms with Crippen LogP contribution >= 0.6 is 0 Å². The molecule has 28 heavy (non-hydrogen) atoms. The van der Waals surface area contributed by atoms with E-state index in [0.29, 0.717) is 17.4 Å². The average Bonchev–Trinajstić information content (AvgIpc) is 3.23. The maximum Gasteiger partial charge on any atom is 0.321 e. The zero-order chi connectivity index (χ0) is 19.8. The highest BCUT2D eigenvalue weighted by Gasteiger charge is 2.41. The summed E-state index contributed by atoms with van der Waals surface area (Å²) in [6.45, 7) is 10.5. The van der Waals surface area contributed by atoms with Crippen LogP contribution in [0.25, 0.3) is 11.0 Å². The fraction of sp³-hybridized carbons (Fsp3) is 0.619. The number of likely N-dealkylation sites (N-methyl/N-ethyl adjacent to an activating group) is 1. The number of rotatable bonds is 5. The Hall–Kier alpha value is -2.15. The molecule has 1 aromatic carbocycles. The average molecular weight is 388 g/mol. The molecule has 0 bridgehead atoms. The number of piperidine rings is 1. The highest BCUT2D eigenvalue weighted by molar-refractivity contribution is 5.80. The molecule has 2 fully saturated rings. The molecule has 0 radical (unpaired) electrons. The van der Waals surface area contributed by atoms with Crippen molar-refractivity contribution in [3.05, 3.63) is 29.7 Å². The Labute approximate surface area is 165 Å². The molecule has 2 amide bonds. The summed E-state index contributed by atoms with van der Waals surface area (Å²) in [6.07, 6.45) is 2.08. The van der Waals surface area contributed by atoms with Gasteiger partial charge in [0, 0.05) is 43.5 Å². The molecule has 0 spiro atoms. The van der Waals surface area contributed by atoms with E-state index in [-0.39, 0.29) is 18.0 Å². The van der Waals surface area contributed by atoms with E-state index in [9.17, 15) is 9.18 Å². The highest BCUT2D eigenvalue weighted by Crippen LogP contribution is 2.34. The summed E-state index contributed by atoms with van der Waals surface area (Å²) in [4.78, 5) is 19.1. The molecule has 4 rings (SSSR count). The number of carbonyl (C=O) groups excluding carboxylic acids is 1. The Morgan fingerprint density at radius 1 is 1.29 bits per heavy atom. The summed E-state index contributed by atoms with van der Waals surface area (Å²) in [5, 5.41) is 5.15.